The van der Waals surface area contributed by atoms with E-state index in [9.17, 15) is 8.78 Å². The van der Waals surface area contributed by atoms with Crippen molar-refractivity contribution in [1.82, 2.24) is 5.32 Å². The molecule has 0 aliphatic carbocycles. The van der Waals surface area contributed by atoms with Gasteiger partial charge in [0.1, 0.15) is 0 Å². The first-order valence-electron chi connectivity index (χ1n) is 4.42. The van der Waals surface area contributed by atoms with E-state index in [1.54, 1.807) is 12.1 Å². The van der Waals surface area contributed by atoms with Gasteiger partial charge < -0.3 is 10.4 Å². The molecule has 0 heterocycles. The third kappa shape index (κ3) is 3.40. The summed E-state index contributed by atoms with van der Waals surface area (Å²) in [6, 6.07) is 6.15. The van der Waals surface area contributed by atoms with Gasteiger partial charge in [-0.25, -0.2) is 8.78 Å². The van der Waals surface area contributed by atoms with E-state index in [1.165, 1.54) is 12.1 Å². The Morgan fingerprint density at radius 3 is 2.36 bits per heavy atom. The van der Waals surface area contributed by atoms with Crippen LogP contribution in [-0.4, -0.2) is 18.3 Å². The third-order valence-electron chi connectivity index (χ3n) is 1.85. The molecule has 0 saturated carbocycles. The van der Waals surface area contributed by atoms with Crippen LogP contribution in [0.4, 0.5) is 8.78 Å². The van der Waals surface area contributed by atoms with Gasteiger partial charge in [0, 0.05) is 18.7 Å². The van der Waals surface area contributed by atoms with Crippen LogP contribution in [0.25, 0.3) is 0 Å². The lowest BCUT2D eigenvalue weighted by molar-refractivity contribution is 0.151. The van der Waals surface area contributed by atoms with Gasteiger partial charge in [-0.05, 0) is 5.56 Å². The Kier molecular flexibility index (Phi) is 4.49. The molecule has 1 aromatic rings. The topological polar surface area (TPSA) is 32.3 Å². The van der Waals surface area contributed by atoms with Crippen LogP contribution >= 0.6 is 0 Å². The van der Waals surface area contributed by atoms with E-state index < -0.39 is 6.43 Å². The molecule has 4 heteroatoms. The quantitative estimate of drug-likeness (QED) is 0.711. The highest BCUT2D eigenvalue weighted by Crippen LogP contribution is 2.18. The maximum absolute atomic E-state index is 12.2. The van der Waals surface area contributed by atoms with E-state index in [0.717, 1.165) is 5.56 Å². The number of benzene rings is 1. The zero-order valence-corrected chi connectivity index (χ0v) is 7.71. The molecule has 78 valence electrons. The van der Waals surface area contributed by atoms with Gasteiger partial charge >= 0.3 is 0 Å². The van der Waals surface area contributed by atoms with E-state index in [2.05, 4.69) is 5.32 Å². The standard InChI is InChI=1S/C10H13F2NO/c11-10(12)9-3-1-8(2-4-9)7-13-5-6-14/h1-4,10,13-14H,5-7H2. The second kappa shape index (κ2) is 5.67. The van der Waals surface area contributed by atoms with Crippen LogP contribution in [0.1, 0.15) is 17.6 Å². The summed E-state index contributed by atoms with van der Waals surface area (Å²) in [6.45, 7) is 1.18. The van der Waals surface area contributed by atoms with Gasteiger partial charge in [-0.2, -0.15) is 0 Å². The zero-order valence-electron chi connectivity index (χ0n) is 7.71. The second-order valence-electron chi connectivity index (χ2n) is 2.94. The van der Waals surface area contributed by atoms with E-state index >= 15 is 0 Å². The summed E-state index contributed by atoms with van der Waals surface area (Å²) in [4.78, 5) is 0. The number of nitrogens with one attached hydrogen (secondary N) is 1. The van der Waals surface area contributed by atoms with Gasteiger partial charge in [0.05, 0.1) is 6.61 Å². The van der Waals surface area contributed by atoms with Crippen molar-refractivity contribution in [3.05, 3.63) is 35.4 Å². The van der Waals surface area contributed by atoms with E-state index in [0.29, 0.717) is 13.1 Å². The minimum Gasteiger partial charge on any atom is -0.395 e. The van der Waals surface area contributed by atoms with Gasteiger partial charge in [0.2, 0.25) is 0 Å². The molecule has 0 aromatic heterocycles. The largest absolute Gasteiger partial charge is 0.395 e. The molecule has 0 spiro atoms. The highest BCUT2D eigenvalue weighted by Gasteiger charge is 2.05. The maximum Gasteiger partial charge on any atom is 0.263 e. The Labute approximate surface area is 81.6 Å². The van der Waals surface area contributed by atoms with Crippen LogP contribution in [0.3, 0.4) is 0 Å². The van der Waals surface area contributed by atoms with Crippen molar-refractivity contribution in [3.8, 4) is 0 Å². The Balaban J connectivity index is 2.47. The first-order valence-corrected chi connectivity index (χ1v) is 4.42. The highest BCUT2D eigenvalue weighted by atomic mass is 19.3. The summed E-state index contributed by atoms with van der Waals surface area (Å²) in [5.74, 6) is 0. The first kappa shape index (κ1) is 11.1. The number of rotatable bonds is 5. The summed E-state index contributed by atoms with van der Waals surface area (Å²) < 4.78 is 24.3. The lowest BCUT2D eigenvalue weighted by atomic mass is 10.1. The first-order chi connectivity index (χ1) is 6.74. The van der Waals surface area contributed by atoms with Gasteiger partial charge in [-0.3, -0.25) is 0 Å². The molecule has 0 aliphatic heterocycles. The SMILES string of the molecule is OCCNCc1ccc(C(F)F)cc1. The van der Waals surface area contributed by atoms with Crippen molar-refractivity contribution in [2.75, 3.05) is 13.2 Å². The zero-order chi connectivity index (χ0) is 10.4. The van der Waals surface area contributed by atoms with Crippen LogP contribution in [-0.2, 0) is 6.54 Å². The molecular weight excluding hydrogens is 188 g/mol. The van der Waals surface area contributed by atoms with Gasteiger partial charge in [-0.15, -0.1) is 0 Å². The number of halogens is 2. The molecule has 0 saturated heterocycles. The molecule has 0 amide bonds. The van der Waals surface area contributed by atoms with Crippen molar-refractivity contribution in [2.24, 2.45) is 0 Å². The summed E-state index contributed by atoms with van der Waals surface area (Å²) in [5, 5.41) is 11.5. The van der Waals surface area contributed by atoms with Crippen LogP contribution < -0.4 is 5.32 Å². The molecule has 0 aliphatic rings. The summed E-state index contributed by atoms with van der Waals surface area (Å²) >= 11 is 0. The molecule has 14 heavy (non-hydrogen) atoms. The smallest absolute Gasteiger partial charge is 0.263 e. The fourth-order valence-electron chi connectivity index (χ4n) is 1.09. The van der Waals surface area contributed by atoms with Crippen molar-refractivity contribution in [2.45, 2.75) is 13.0 Å². The van der Waals surface area contributed by atoms with Crippen molar-refractivity contribution >= 4 is 0 Å². The summed E-state index contributed by atoms with van der Waals surface area (Å²) in [7, 11) is 0. The molecule has 1 rings (SSSR count). The average molecular weight is 201 g/mol. The third-order valence-corrected chi connectivity index (χ3v) is 1.85. The van der Waals surface area contributed by atoms with E-state index in [-0.39, 0.29) is 12.2 Å². The normalized spacial score (nSPS) is 10.9. The Bertz CT molecular complexity index is 261. The minimum atomic E-state index is -2.41. The predicted molar refractivity (Wildman–Crippen MR) is 50.2 cm³/mol. The molecule has 0 radical (unpaired) electrons. The van der Waals surface area contributed by atoms with E-state index in [4.69, 9.17) is 5.11 Å². The Morgan fingerprint density at radius 2 is 1.86 bits per heavy atom. The lowest BCUT2D eigenvalue weighted by Crippen LogP contribution is -2.17. The Morgan fingerprint density at radius 1 is 1.21 bits per heavy atom. The summed E-state index contributed by atoms with van der Waals surface area (Å²) in [5.41, 5.74) is 0.971. The number of hydrogen-bond donors (Lipinski definition) is 2. The molecule has 0 unspecified atom stereocenters. The van der Waals surface area contributed by atoms with Crippen molar-refractivity contribution < 1.29 is 13.9 Å². The molecule has 0 atom stereocenters. The van der Waals surface area contributed by atoms with Gasteiger partial charge in [-0.1, -0.05) is 24.3 Å². The van der Waals surface area contributed by atoms with Crippen molar-refractivity contribution in [3.63, 3.8) is 0 Å². The molecule has 2 nitrogen and oxygen atoms in total. The number of aliphatic hydroxyl groups excluding tert-OH is 1. The van der Waals surface area contributed by atoms with Crippen LogP contribution in [0.5, 0.6) is 0 Å². The van der Waals surface area contributed by atoms with Crippen molar-refractivity contribution in [1.29, 1.82) is 0 Å². The van der Waals surface area contributed by atoms with E-state index in [1.807, 2.05) is 0 Å². The summed E-state index contributed by atoms with van der Waals surface area (Å²) in [6.07, 6.45) is -2.41. The molecule has 2 N–H and O–H groups in total. The lowest BCUT2D eigenvalue weighted by Gasteiger charge is -2.04. The van der Waals surface area contributed by atoms with Crippen LogP contribution in [0, 0.1) is 0 Å². The van der Waals surface area contributed by atoms with Gasteiger partial charge in [0.25, 0.3) is 6.43 Å². The van der Waals surface area contributed by atoms with Crippen LogP contribution in [0.15, 0.2) is 24.3 Å². The molecule has 0 fully saturated rings. The Hall–Kier alpha value is -1.00. The number of aliphatic hydroxyl groups is 1. The molecular formula is C10H13F2NO. The van der Waals surface area contributed by atoms with Crippen LogP contribution in [0.2, 0.25) is 0 Å². The molecule has 1 aromatic carbocycles. The number of alkyl halides is 2. The minimum absolute atomic E-state index is 0.0379. The van der Waals surface area contributed by atoms with Gasteiger partial charge in [0.15, 0.2) is 0 Å². The predicted octanol–water partition coefficient (Wildman–Crippen LogP) is 1.71. The monoisotopic (exact) mass is 201 g/mol. The fourth-order valence-corrected chi connectivity index (χ4v) is 1.09. The maximum atomic E-state index is 12.2. The highest BCUT2D eigenvalue weighted by molar-refractivity contribution is 5.23. The second-order valence-corrected chi connectivity index (χ2v) is 2.94. The number of hydrogen-bond acceptors (Lipinski definition) is 2. The average Bonchev–Trinajstić information content (AvgIpc) is 2.19. The molecule has 0 bridgehead atoms. The fraction of sp³-hybridized carbons (Fsp3) is 0.400.